The van der Waals surface area contributed by atoms with Gasteiger partial charge >= 0.3 is 0 Å². The monoisotopic (exact) mass is 269 g/mol. The zero-order chi connectivity index (χ0) is 14.1. The fourth-order valence-corrected chi connectivity index (χ4v) is 1.82. The van der Waals surface area contributed by atoms with Crippen molar-refractivity contribution in [2.24, 2.45) is 0 Å². The zero-order valence-corrected chi connectivity index (χ0v) is 12.0. The van der Waals surface area contributed by atoms with Gasteiger partial charge in [0.05, 0.1) is 7.11 Å². The van der Waals surface area contributed by atoms with Gasteiger partial charge in [-0.05, 0) is 20.4 Å². The summed E-state index contributed by atoms with van der Waals surface area (Å²) in [6, 6.07) is -0.214. The van der Waals surface area contributed by atoms with Crippen molar-refractivity contribution in [2.45, 2.75) is 33.1 Å². The number of ether oxygens (including phenoxy) is 3. The predicted octanol–water partition coefficient (Wildman–Crippen LogP) is 1.53. The van der Waals surface area contributed by atoms with Gasteiger partial charge in [0.25, 0.3) is 0 Å². The molecule has 1 aromatic heterocycles. The van der Waals surface area contributed by atoms with E-state index >= 15 is 0 Å². The molecule has 0 radical (unpaired) electrons. The number of likely N-dealkylation sites (N-methyl/N-ethyl adjacent to an activating group) is 1. The number of hydrogen-bond donors (Lipinski definition) is 1. The average Bonchev–Trinajstić information content (AvgIpc) is 2.44. The van der Waals surface area contributed by atoms with E-state index in [-0.39, 0.29) is 6.04 Å². The van der Waals surface area contributed by atoms with Crippen molar-refractivity contribution in [3.05, 3.63) is 18.1 Å². The van der Waals surface area contributed by atoms with Crippen LogP contribution in [0.5, 0.6) is 5.88 Å². The van der Waals surface area contributed by atoms with Crippen molar-refractivity contribution in [3.63, 3.8) is 0 Å². The summed E-state index contributed by atoms with van der Waals surface area (Å²) in [5.41, 5.74) is 0.693. The largest absolute Gasteiger partial charge is 0.480 e. The first-order valence-corrected chi connectivity index (χ1v) is 6.59. The average molecular weight is 269 g/mol. The molecular formula is C13H23N3O3. The molecule has 0 aliphatic rings. The molecule has 1 heterocycles. The number of aromatic nitrogens is 2. The normalized spacial score (nSPS) is 12.7. The van der Waals surface area contributed by atoms with Gasteiger partial charge in [0, 0.05) is 25.6 Å². The molecule has 1 N–H and O–H groups in total. The molecule has 6 heteroatoms. The van der Waals surface area contributed by atoms with Crippen molar-refractivity contribution in [2.75, 3.05) is 26.9 Å². The third-order valence-corrected chi connectivity index (χ3v) is 2.54. The Morgan fingerprint density at radius 2 is 1.74 bits per heavy atom. The first-order chi connectivity index (χ1) is 9.28. The van der Waals surface area contributed by atoms with Crippen LogP contribution in [0, 0.1) is 0 Å². The van der Waals surface area contributed by atoms with Crippen LogP contribution < -0.4 is 10.1 Å². The van der Waals surface area contributed by atoms with E-state index in [1.807, 2.05) is 20.8 Å². The molecule has 108 valence electrons. The van der Waals surface area contributed by atoms with Crippen LogP contribution in [0.1, 0.15) is 32.5 Å². The fourth-order valence-electron chi connectivity index (χ4n) is 1.82. The summed E-state index contributed by atoms with van der Waals surface area (Å²) in [7, 11) is 1.58. The molecule has 0 aliphatic heterocycles. The van der Waals surface area contributed by atoms with Crippen LogP contribution in [-0.2, 0) is 9.47 Å². The van der Waals surface area contributed by atoms with Gasteiger partial charge in [-0.3, -0.25) is 4.98 Å². The second-order valence-electron chi connectivity index (χ2n) is 3.77. The van der Waals surface area contributed by atoms with Gasteiger partial charge in [0.2, 0.25) is 5.88 Å². The molecule has 0 aromatic carbocycles. The number of nitrogens with zero attached hydrogens (tertiary/aromatic N) is 2. The summed E-state index contributed by atoms with van der Waals surface area (Å²) in [5, 5.41) is 3.31. The lowest BCUT2D eigenvalue weighted by Crippen LogP contribution is -2.37. The van der Waals surface area contributed by atoms with E-state index < -0.39 is 6.29 Å². The number of methoxy groups -OCH3 is 1. The van der Waals surface area contributed by atoms with Gasteiger partial charge in [-0.25, -0.2) is 4.98 Å². The number of rotatable bonds is 9. The van der Waals surface area contributed by atoms with E-state index in [0.29, 0.717) is 24.8 Å². The highest BCUT2D eigenvalue weighted by Gasteiger charge is 2.28. The Labute approximate surface area is 114 Å². The minimum absolute atomic E-state index is 0.214. The number of hydrogen-bond acceptors (Lipinski definition) is 6. The Balaban J connectivity index is 3.02. The molecule has 1 unspecified atom stereocenters. The highest BCUT2D eigenvalue weighted by molar-refractivity contribution is 5.21. The van der Waals surface area contributed by atoms with Gasteiger partial charge in [-0.1, -0.05) is 6.92 Å². The van der Waals surface area contributed by atoms with Crippen molar-refractivity contribution >= 4 is 0 Å². The van der Waals surface area contributed by atoms with Crippen LogP contribution in [-0.4, -0.2) is 43.1 Å². The lowest BCUT2D eigenvalue weighted by atomic mass is 10.2. The van der Waals surface area contributed by atoms with Crippen LogP contribution in [0.4, 0.5) is 0 Å². The van der Waals surface area contributed by atoms with Gasteiger partial charge < -0.3 is 19.5 Å². The van der Waals surface area contributed by atoms with Crippen molar-refractivity contribution < 1.29 is 14.2 Å². The molecule has 0 aliphatic carbocycles. The topological polar surface area (TPSA) is 65.5 Å². The van der Waals surface area contributed by atoms with E-state index in [4.69, 9.17) is 14.2 Å². The standard InChI is InChI=1S/C13H23N3O3/c1-5-14-11(13(18-6-2)19-7-3)10-12(17-4)16-9-8-15-10/h8-9,11,13-14H,5-7H2,1-4H3. The highest BCUT2D eigenvalue weighted by Crippen LogP contribution is 2.25. The van der Waals surface area contributed by atoms with Crippen LogP contribution in [0.25, 0.3) is 0 Å². The molecule has 0 fully saturated rings. The second-order valence-corrected chi connectivity index (χ2v) is 3.77. The van der Waals surface area contributed by atoms with E-state index in [1.54, 1.807) is 19.5 Å². The summed E-state index contributed by atoms with van der Waals surface area (Å²) in [6.45, 7) is 7.78. The van der Waals surface area contributed by atoms with Gasteiger partial charge in [0.15, 0.2) is 6.29 Å². The van der Waals surface area contributed by atoms with Crippen LogP contribution in [0.3, 0.4) is 0 Å². The third kappa shape index (κ3) is 4.41. The summed E-state index contributed by atoms with van der Waals surface area (Å²) in [6.07, 6.45) is 2.82. The van der Waals surface area contributed by atoms with E-state index in [0.717, 1.165) is 6.54 Å². The van der Waals surface area contributed by atoms with Gasteiger partial charge in [-0.15, -0.1) is 0 Å². The summed E-state index contributed by atoms with van der Waals surface area (Å²) < 4.78 is 16.5. The van der Waals surface area contributed by atoms with Crippen LogP contribution in [0.15, 0.2) is 12.4 Å². The molecule has 6 nitrogen and oxygen atoms in total. The van der Waals surface area contributed by atoms with Gasteiger partial charge in [-0.2, -0.15) is 0 Å². The molecule has 1 rings (SSSR count). The summed E-state index contributed by atoms with van der Waals surface area (Å²) >= 11 is 0. The fraction of sp³-hybridized carbons (Fsp3) is 0.692. The lowest BCUT2D eigenvalue weighted by Gasteiger charge is -2.27. The maximum atomic E-state index is 5.64. The zero-order valence-electron chi connectivity index (χ0n) is 12.0. The van der Waals surface area contributed by atoms with Crippen molar-refractivity contribution in [3.8, 4) is 5.88 Å². The Bertz CT molecular complexity index is 357. The lowest BCUT2D eigenvalue weighted by molar-refractivity contribution is -0.156. The maximum absolute atomic E-state index is 5.64. The maximum Gasteiger partial charge on any atom is 0.237 e. The van der Waals surface area contributed by atoms with E-state index in [2.05, 4.69) is 15.3 Å². The summed E-state index contributed by atoms with van der Waals surface area (Å²) in [4.78, 5) is 8.51. The predicted molar refractivity (Wildman–Crippen MR) is 72.0 cm³/mol. The Morgan fingerprint density at radius 3 is 2.26 bits per heavy atom. The van der Waals surface area contributed by atoms with Crippen LogP contribution >= 0.6 is 0 Å². The van der Waals surface area contributed by atoms with Crippen molar-refractivity contribution in [1.29, 1.82) is 0 Å². The molecule has 1 aromatic rings. The molecule has 1 atom stereocenters. The quantitative estimate of drug-likeness (QED) is 0.686. The Hall–Kier alpha value is -1.24. The molecule has 0 saturated carbocycles. The minimum Gasteiger partial charge on any atom is -0.480 e. The van der Waals surface area contributed by atoms with E-state index in [1.165, 1.54) is 0 Å². The highest BCUT2D eigenvalue weighted by atomic mass is 16.7. The molecule has 0 spiro atoms. The first kappa shape index (κ1) is 15.8. The molecule has 19 heavy (non-hydrogen) atoms. The molecular weight excluding hydrogens is 246 g/mol. The van der Waals surface area contributed by atoms with Gasteiger partial charge in [0.1, 0.15) is 11.7 Å². The molecule has 0 amide bonds. The summed E-state index contributed by atoms with van der Waals surface area (Å²) in [5.74, 6) is 0.484. The minimum atomic E-state index is -0.416. The Morgan fingerprint density at radius 1 is 1.11 bits per heavy atom. The SMILES string of the molecule is CCNC(c1nccnc1OC)C(OCC)OCC. The third-order valence-electron chi connectivity index (χ3n) is 2.54. The number of nitrogens with one attached hydrogen (secondary N) is 1. The van der Waals surface area contributed by atoms with Crippen molar-refractivity contribution in [1.82, 2.24) is 15.3 Å². The smallest absolute Gasteiger partial charge is 0.237 e. The molecule has 0 saturated heterocycles. The van der Waals surface area contributed by atoms with E-state index in [9.17, 15) is 0 Å². The Kier molecular flexibility index (Phi) is 7.32. The molecule has 0 bridgehead atoms. The first-order valence-electron chi connectivity index (χ1n) is 6.59. The van der Waals surface area contributed by atoms with Crippen LogP contribution in [0.2, 0.25) is 0 Å². The second kappa shape index (κ2) is 8.79.